The molecule has 1 unspecified atom stereocenters. The molecule has 2 aliphatic heterocycles. The molecule has 3 atom stereocenters. The van der Waals surface area contributed by atoms with Crippen LogP contribution in [0, 0.1) is 5.82 Å². The summed E-state index contributed by atoms with van der Waals surface area (Å²) in [5.41, 5.74) is 2.59. The highest BCUT2D eigenvalue weighted by Gasteiger charge is 2.26. The van der Waals surface area contributed by atoms with Crippen LogP contribution in [0.3, 0.4) is 0 Å². The molecule has 0 spiro atoms. The molecule has 2 aromatic heterocycles. The summed E-state index contributed by atoms with van der Waals surface area (Å²) in [6.07, 6.45) is 5.16. The number of aryl methyl sites for hydroxylation is 1. The van der Waals surface area contributed by atoms with Gasteiger partial charge in [-0.1, -0.05) is 0 Å². The number of piperazine rings is 1. The summed E-state index contributed by atoms with van der Waals surface area (Å²) in [5, 5.41) is 12.0. The molecule has 37 heavy (non-hydrogen) atoms. The van der Waals surface area contributed by atoms with Gasteiger partial charge in [0.05, 0.1) is 11.1 Å². The van der Waals surface area contributed by atoms with Gasteiger partial charge in [0, 0.05) is 73.4 Å². The molecule has 0 bridgehead atoms. The van der Waals surface area contributed by atoms with Gasteiger partial charge in [-0.3, -0.25) is 9.48 Å². The molecule has 0 aliphatic carbocycles. The number of nitrogens with zero attached hydrogens (tertiary/aromatic N) is 5. The van der Waals surface area contributed by atoms with E-state index in [1.165, 1.54) is 6.07 Å². The van der Waals surface area contributed by atoms with E-state index in [1.54, 1.807) is 30.1 Å². The third-order valence-corrected chi connectivity index (χ3v) is 7.04. The fourth-order valence-electron chi connectivity index (χ4n) is 5.52. The minimum Gasteiger partial charge on any atom is -0.370 e. The zero-order valence-electron chi connectivity index (χ0n) is 21.2. The van der Waals surface area contributed by atoms with Crippen molar-refractivity contribution in [2.45, 2.75) is 44.9 Å². The first-order valence-electron chi connectivity index (χ1n) is 12.7. The summed E-state index contributed by atoms with van der Waals surface area (Å²) in [6, 6.07) is 7.42. The smallest absolute Gasteiger partial charge is 0.257 e. The third kappa shape index (κ3) is 4.51. The molecule has 2 aromatic carbocycles. The Balaban J connectivity index is 1.41. The first-order chi connectivity index (χ1) is 17.9. The second-order valence-electron chi connectivity index (χ2n) is 10.2. The van der Waals surface area contributed by atoms with Gasteiger partial charge in [0.15, 0.2) is 11.6 Å². The number of amides is 1. The van der Waals surface area contributed by atoms with Crippen LogP contribution in [0.15, 0.2) is 36.7 Å². The predicted molar refractivity (Wildman–Crippen MR) is 140 cm³/mol. The number of carbonyl (C=O) groups is 1. The van der Waals surface area contributed by atoms with Crippen molar-refractivity contribution in [3.63, 3.8) is 0 Å². The molecule has 2 aliphatic rings. The summed E-state index contributed by atoms with van der Waals surface area (Å²) in [6.45, 7) is 6.68. The number of rotatable bonds is 4. The first kappa shape index (κ1) is 23.7. The van der Waals surface area contributed by atoms with Gasteiger partial charge in [-0.25, -0.2) is 14.4 Å². The van der Waals surface area contributed by atoms with Crippen LogP contribution in [0.1, 0.15) is 49.0 Å². The Hall–Kier alpha value is -3.63. The number of carbonyl (C=O) groups excluding carboxylic acids is 1. The normalized spacial score (nSPS) is 22.2. The van der Waals surface area contributed by atoms with Crippen LogP contribution in [0.25, 0.3) is 21.8 Å². The molecular weight excluding hydrogens is 473 g/mol. The minimum absolute atomic E-state index is 0.176. The number of ether oxygens (including phenoxy) is 1. The maximum atomic E-state index is 14.6. The number of halogens is 1. The molecule has 2 saturated heterocycles. The largest absolute Gasteiger partial charge is 0.370 e. The molecule has 4 aromatic rings. The monoisotopic (exact) mass is 503 g/mol. The van der Waals surface area contributed by atoms with Gasteiger partial charge in [0.1, 0.15) is 11.6 Å². The lowest BCUT2D eigenvalue weighted by molar-refractivity contribution is 0.102. The fraction of sp³-hybridized carbons (Fsp3) is 0.407. The van der Waals surface area contributed by atoms with E-state index in [-0.39, 0.29) is 17.5 Å². The molecule has 192 valence electrons. The highest BCUT2D eigenvalue weighted by molar-refractivity contribution is 6.14. The van der Waals surface area contributed by atoms with Crippen molar-refractivity contribution in [3.05, 3.63) is 53.9 Å². The van der Waals surface area contributed by atoms with Crippen LogP contribution >= 0.6 is 0 Å². The summed E-state index contributed by atoms with van der Waals surface area (Å²) in [4.78, 5) is 25.4. The molecule has 4 heterocycles. The molecular formula is C27H30FN7O2. The Morgan fingerprint density at radius 2 is 2.00 bits per heavy atom. The summed E-state index contributed by atoms with van der Waals surface area (Å²) >= 11 is 0. The van der Waals surface area contributed by atoms with Crippen LogP contribution in [-0.2, 0) is 11.8 Å². The fourth-order valence-corrected chi connectivity index (χ4v) is 5.52. The molecule has 10 heteroatoms. The molecule has 6 rings (SSSR count). The molecule has 9 nitrogen and oxygen atoms in total. The maximum Gasteiger partial charge on any atom is 0.257 e. The lowest BCUT2D eigenvalue weighted by atomic mass is 10.0. The van der Waals surface area contributed by atoms with E-state index in [4.69, 9.17) is 9.72 Å². The maximum absolute atomic E-state index is 14.6. The van der Waals surface area contributed by atoms with E-state index in [0.29, 0.717) is 46.7 Å². The van der Waals surface area contributed by atoms with Crippen molar-refractivity contribution in [3.8, 4) is 0 Å². The number of fused-ring (bicyclic) bond motifs is 2. The molecule has 2 N–H and O–H groups in total. The number of nitrogens with one attached hydrogen (secondary N) is 2. The number of aromatic nitrogens is 4. The predicted octanol–water partition coefficient (Wildman–Crippen LogP) is 3.95. The topological polar surface area (TPSA) is 97.2 Å². The van der Waals surface area contributed by atoms with Crippen LogP contribution in [0.5, 0.6) is 0 Å². The van der Waals surface area contributed by atoms with Gasteiger partial charge < -0.3 is 20.3 Å². The van der Waals surface area contributed by atoms with Gasteiger partial charge in [-0.2, -0.15) is 5.10 Å². The van der Waals surface area contributed by atoms with Crippen molar-refractivity contribution in [2.24, 2.45) is 7.05 Å². The van der Waals surface area contributed by atoms with Crippen molar-refractivity contribution < 1.29 is 13.9 Å². The summed E-state index contributed by atoms with van der Waals surface area (Å²) in [7, 11) is 1.73. The van der Waals surface area contributed by atoms with E-state index >= 15 is 0 Å². The summed E-state index contributed by atoms with van der Waals surface area (Å²) < 4.78 is 22.0. The van der Waals surface area contributed by atoms with Crippen LogP contribution in [0.4, 0.5) is 15.8 Å². The Labute approximate surface area is 214 Å². The Morgan fingerprint density at radius 3 is 2.76 bits per heavy atom. The lowest BCUT2D eigenvalue weighted by Crippen LogP contribution is -2.54. The average molecular weight is 504 g/mol. The van der Waals surface area contributed by atoms with Crippen molar-refractivity contribution >= 4 is 39.1 Å². The highest BCUT2D eigenvalue weighted by atomic mass is 19.1. The van der Waals surface area contributed by atoms with Crippen LogP contribution in [-0.4, -0.2) is 57.4 Å². The molecule has 0 radical (unpaired) electrons. The van der Waals surface area contributed by atoms with E-state index in [0.717, 1.165) is 37.0 Å². The second kappa shape index (κ2) is 9.35. The highest BCUT2D eigenvalue weighted by Crippen LogP contribution is 2.33. The van der Waals surface area contributed by atoms with Crippen LogP contribution in [0.2, 0.25) is 0 Å². The Bertz CT molecular complexity index is 1490. The number of hydrogen-bond acceptors (Lipinski definition) is 7. The first-order valence-corrected chi connectivity index (χ1v) is 12.7. The van der Waals surface area contributed by atoms with E-state index in [2.05, 4.69) is 39.5 Å². The number of anilines is 2. The van der Waals surface area contributed by atoms with Gasteiger partial charge >= 0.3 is 0 Å². The third-order valence-electron chi connectivity index (χ3n) is 7.04. The van der Waals surface area contributed by atoms with Crippen molar-refractivity contribution in [2.75, 3.05) is 29.9 Å². The SMILES string of the molecule is C[C@H]1CN(c2ccc(C(=O)Nc3cc(F)c4nn(C)cc4c3)c3nc(C4CCCO4)ncc23)C[C@H](C)N1. The molecule has 0 saturated carbocycles. The number of benzene rings is 2. The van der Waals surface area contributed by atoms with Gasteiger partial charge in [-0.05, 0) is 51.0 Å². The van der Waals surface area contributed by atoms with Crippen molar-refractivity contribution in [1.82, 2.24) is 25.1 Å². The molecule has 1 amide bonds. The standard InChI is InChI=1S/C27H30FN7O2/c1-15-12-35(13-16(2)30-15)22-7-6-19(25-20(22)11-29-26(32-25)23-5-4-8-37-23)27(36)31-18-9-17-14-34(3)33-24(17)21(28)10-18/h6-7,9-11,14-16,23,30H,4-5,8,12-13H2,1-3H3,(H,31,36)/t15-,16-,23?/m0/s1. The second-order valence-corrected chi connectivity index (χ2v) is 10.2. The zero-order chi connectivity index (χ0) is 25.7. The van der Waals surface area contributed by atoms with Gasteiger partial charge in [0.2, 0.25) is 0 Å². The zero-order valence-corrected chi connectivity index (χ0v) is 21.2. The van der Waals surface area contributed by atoms with Gasteiger partial charge in [0.25, 0.3) is 5.91 Å². The minimum atomic E-state index is -0.487. The number of hydrogen-bond donors (Lipinski definition) is 2. The van der Waals surface area contributed by atoms with Crippen molar-refractivity contribution in [1.29, 1.82) is 0 Å². The molecule has 2 fully saturated rings. The quantitative estimate of drug-likeness (QED) is 0.435. The Morgan fingerprint density at radius 1 is 1.19 bits per heavy atom. The lowest BCUT2D eigenvalue weighted by Gasteiger charge is -2.38. The average Bonchev–Trinajstić information content (AvgIpc) is 3.52. The van der Waals surface area contributed by atoms with E-state index < -0.39 is 5.82 Å². The Kier molecular flexibility index (Phi) is 6.00. The van der Waals surface area contributed by atoms with Crippen LogP contribution < -0.4 is 15.5 Å². The van der Waals surface area contributed by atoms with E-state index in [1.807, 2.05) is 12.3 Å². The van der Waals surface area contributed by atoms with E-state index in [9.17, 15) is 9.18 Å². The summed E-state index contributed by atoms with van der Waals surface area (Å²) in [5.74, 6) is -0.266. The van der Waals surface area contributed by atoms with Gasteiger partial charge in [-0.15, -0.1) is 0 Å².